The summed E-state index contributed by atoms with van der Waals surface area (Å²) in [6.45, 7) is 2.33. The van der Waals surface area contributed by atoms with Crippen molar-refractivity contribution in [1.29, 1.82) is 0 Å². The molecule has 6 heteroatoms. The molecular weight excluding hydrogens is 336 g/mol. The predicted octanol–water partition coefficient (Wildman–Crippen LogP) is 4.04. The fourth-order valence-electron chi connectivity index (χ4n) is 2.71. The van der Waals surface area contributed by atoms with Gasteiger partial charge in [-0.25, -0.2) is 8.78 Å². The number of rotatable bonds is 5. The molecule has 0 saturated heterocycles. The predicted molar refractivity (Wildman–Crippen MR) is 94.6 cm³/mol. The van der Waals surface area contributed by atoms with Gasteiger partial charge < -0.3 is 4.90 Å². The van der Waals surface area contributed by atoms with Gasteiger partial charge in [-0.2, -0.15) is 5.10 Å². The molecule has 0 unspecified atom stereocenters. The van der Waals surface area contributed by atoms with Crippen molar-refractivity contribution in [2.75, 3.05) is 7.05 Å². The molecule has 0 aliphatic rings. The first-order valence-corrected chi connectivity index (χ1v) is 8.24. The lowest BCUT2D eigenvalue weighted by molar-refractivity contribution is 0.0742. The summed E-state index contributed by atoms with van der Waals surface area (Å²) in [6.07, 6.45) is 3.20. The smallest absolute Gasteiger partial charge is 0.257 e. The number of benzene rings is 2. The van der Waals surface area contributed by atoms with E-state index in [1.807, 2.05) is 30.3 Å². The van der Waals surface area contributed by atoms with Crippen LogP contribution in [-0.4, -0.2) is 27.6 Å². The minimum Gasteiger partial charge on any atom is -0.335 e. The van der Waals surface area contributed by atoms with Crippen LogP contribution in [0, 0.1) is 11.6 Å². The normalized spacial score (nSPS) is 12.0. The van der Waals surface area contributed by atoms with Crippen LogP contribution in [0.25, 0.3) is 0 Å². The molecule has 3 rings (SSSR count). The van der Waals surface area contributed by atoms with E-state index in [0.717, 1.165) is 17.7 Å². The third-order valence-electron chi connectivity index (χ3n) is 4.39. The number of carbonyl (C=O) groups is 1. The second-order valence-electron chi connectivity index (χ2n) is 6.18. The largest absolute Gasteiger partial charge is 0.335 e. The highest BCUT2D eigenvalue weighted by Gasteiger charge is 2.21. The van der Waals surface area contributed by atoms with E-state index in [-0.39, 0.29) is 5.91 Å². The fraction of sp³-hybridized carbons (Fsp3) is 0.200. The Bertz CT molecular complexity index is 908. The molecule has 26 heavy (non-hydrogen) atoms. The van der Waals surface area contributed by atoms with Crippen molar-refractivity contribution in [3.05, 3.63) is 89.2 Å². The van der Waals surface area contributed by atoms with Crippen LogP contribution in [0.5, 0.6) is 0 Å². The van der Waals surface area contributed by atoms with Crippen molar-refractivity contribution in [3.8, 4) is 0 Å². The third-order valence-corrected chi connectivity index (χ3v) is 4.39. The quantitative estimate of drug-likeness (QED) is 0.693. The Hall–Kier alpha value is -3.02. The molecule has 0 aliphatic heterocycles. The summed E-state index contributed by atoms with van der Waals surface area (Å²) in [6, 6.07) is 13.1. The van der Waals surface area contributed by atoms with Crippen LogP contribution in [0.15, 0.2) is 60.9 Å². The Balaban J connectivity index is 1.73. The lowest BCUT2D eigenvalue weighted by atomic mass is 10.1. The number of hydrogen-bond acceptors (Lipinski definition) is 2. The SMILES string of the molecule is C[C@H](c1ccc(F)c(F)c1)N(C)C(=O)c1cnn(Cc2ccccc2)c1. The van der Waals surface area contributed by atoms with Gasteiger partial charge in [0.05, 0.1) is 24.3 Å². The third kappa shape index (κ3) is 3.79. The fourth-order valence-corrected chi connectivity index (χ4v) is 2.71. The Morgan fingerprint density at radius 3 is 2.58 bits per heavy atom. The molecule has 3 aromatic rings. The van der Waals surface area contributed by atoms with E-state index in [4.69, 9.17) is 0 Å². The number of hydrogen-bond donors (Lipinski definition) is 0. The summed E-state index contributed by atoms with van der Waals surface area (Å²) in [5.41, 5.74) is 2.05. The van der Waals surface area contributed by atoms with Gasteiger partial charge in [-0.1, -0.05) is 36.4 Å². The second-order valence-corrected chi connectivity index (χ2v) is 6.18. The number of aromatic nitrogens is 2. The van der Waals surface area contributed by atoms with Gasteiger partial charge in [0.2, 0.25) is 0 Å². The molecule has 0 saturated carbocycles. The van der Waals surface area contributed by atoms with Crippen LogP contribution < -0.4 is 0 Å². The molecule has 1 heterocycles. The van der Waals surface area contributed by atoms with E-state index in [1.165, 1.54) is 17.2 Å². The van der Waals surface area contributed by atoms with Crippen molar-refractivity contribution >= 4 is 5.91 Å². The van der Waals surface area contributed by atoms with Gasteiger partial charge in [-0.05, 0) is 30.2 Å². The molecule has 0 bridgehead atoms. The first kappa shape index (κ1) is 17.8. The Morgan fingerprint density at radius 2 is 1.88 bits per heavy atom. The molecule has 0 aliphatic carbocycles. The molecule has 0 spiro atoms. The Kier molecular flexibility index (Phi) is 5.11. The van der Waals surface area contributed by atoms with Crippen LogP contribution in [0.3, 0.4) is 0 Å². The van der Waals surface area contributed by atoms with E-state index in [0.29, 0.717) is 17.7 Å². The van der Waals surface area contributed by atoms with Gasteiger partial charge in [0.25, 0.3) is 5.91 Å². The van der Waals surface area contributed by atoms with Crippen LogP contribution >= 0.6 is 0 Å². The molecular formula is C20H19F2N3O. The number of halogens is 2. The summed E-state index contributed by atoms with van der Waals surface area (Å²) < 4.78 is 28.2. The van der Waals surface area contributed by atoms with Crippen molar-refractivity contribution in [1.82, 2.24) is 14.7 Å². The van der Waals surface area contributed by atoms with Gasteiger partial charge >= 0.3 is 0 Å². The van der Waals surface area contributed by atoms with Crippen LogP contribution in [0.2, 0.25) is 0 Å². The maximum absolute atomic E-state index is 13.4. The summed E-state index contributed by atoms with van der Waals surface area (Å²) in [5.74, 6) is -2.07. The number of nitrogens with zero attached hydrogens (tertiary/aromatic N) is 3. The van der Waals surface area contributed by atoms with E-state index in [1.54, 1.807) is 24.9 Å². The van der Waals surface area contributed by atoms with Crippen molar-refractivity contribution < 1.29 is 13.6 Å². The van der Waals surface area contributed by atoms with Crippen LogP contribution in [0.4, 0.5) is 8.78 Å². The lowest BCUT2D eigenvalue weighted by Crippen LogP contribution is -2.29. The lowest BCUT2D eigenvalue weighted by Gasteiger charge is -2.25. The number of amides is 1. The summed E-state index contributed by atoms with van der Waals surface area (Å²) in [4.78, 5) is 14.2. The van der Waals surface area contributed by atoms with E-state index in [9.17, 15) is 13.6 Å². The number of carbonyl (C=O) groups excluding carboxylic acids is 1. The van der Waals surface area contributed by atoms with E-state index < -0.39 is 17.7 Å². The minimum atomic E-state index is -0.925. The zero-order valence-corrected chi connectivity index (χ0v) is 14.6. The second kappa shape index (κ2) is 7.47. The molecule has 0 N–H and O–H groups in total. The van der Waals surface area contributed by atoms with Crippen LogP contribution in [-0.2, 0) is 6.54 Å². The topological polar surface area (TPSA) is 38.1 Å². The van der Waals surface area contributed by atoms with Gasteiger partial charge in [-0.3, -0.25) is 9.48 Å². The van der Waals surface area contributed by atoms with Gasteiger partial charge in [0, 0.05) is 13.2 Å². The molecule has 1 atom stereocenters. The Labute approximate surface area is 150 Å². The maximum Gasteiger partial charge on any atom is 0.257 e. The molecule has 2 aromatic carbocycles. The van der Waals surface area contributed by atoms with Crippen molar-refractivity contribution in [2.45, 2.75) is 19.5 Å². The molecule has 0 fully saturated rings. The highest BCUT2D eigenvalue weighted by atomic mass is 19.2. The molecule has 1 aromatic heterocycles. The average molecular weight is 355 g/mol. The molecule has 1 amide bonds. The van der Waals surface area contributed by atoms with Gasteiger partial charge in [-0.15, -0.1) is 0 Å². The van der Waals surface area contributed by atoms with Crippen molar-refractivity contribution in [2.24, 2.45) is 0 Å². The van der Waals surface area contributed by atoms with E-state index >= 15 is 0 Å². The monoisotopic (exact) mass is 355 g/mol. The molecule has 4 nitrogen and oxygen atoms in total. The van der Waals surface area contributed by atoms with Gasteiger partial charge in [0.1, 0.15) is 0 Å². The van der Waals surface area contributed by atoms with E-state index in [2.05, 4.69) is 5.10 Å². The summed E-state index contributed by atoms with van der Waals surface area (Å²) in [7, 11) is 1.63. The molecule has 0 radical (unpaired) electrons. The summed E-state index contributed by atoms with van der Waals surface area (Å²) in [5, 5.41) is 4.23. The van der Waals surface area contributed by atoms with Gasteiger partial charge in [0.15, 0.2) is 11.6 Å². The average Bonchev–Trinajstić information content (AvgIpc) is 3.11. The first-order chi connectivity index (χ1) is 12.5. The van der Waals surface area contributed by atoms with Crippen molar-refractivity contribution in [3.63, 3.8) is 0 Å². The standard InChI is InChI=1S/C20H19F2N3O/c1-14(16-8-9-18(21)19(22)10-16)24(2)20(26)17-11-23-25(13-17)12-15-6-4-3-5-7-15/h3-11,13-14H,12H2,1-2H3/t14-/m1/s1. The minimum absolute atomic E-state index is 0.235. The first-order valence-electron chi connectivity index (χ1n) is 8.24. The zero-order chi connectivity index (χ0) is 18.7. The van der Waals surface area contributed by atoms with Crippen LogP contribution in [0.1, 0.15) is 34.5 Å². The maximum atomic E-state index is 13.4. The summed E-state index contributed by atoms with van der Waals surface area (Å²) >= 11 is 0. The molecule has 134 valence electrons. The highest BCUT2D eigenvalue weighted by Crippen LogP contribution is 2.22. The zero-order valence-electron chi connectivity index (χ0n) is 14.6. The Morgan fingerprint density at radius 1 is 1.15 bits per heavy atom. The highest BCUT2D eigenvalue weighted by molar-refractivity contribution is 5.93.